The number of anilines is 4. The molecule has 3 aromatic carbocycles. The third-order valence-corrected chi connectivity index (χ3v) is 5.08. The zero-order valence-corrected chi connectivity index (χ0v) is 16.9. The molecule has 0 saturated carbocycles. The second kappa shape index (κ2) is 8.23. The molecule has 0 unspecified atom stereocenters. The van der Waals surface area contributed by atoms with Gasteiger partial charge in [0.15, 0.2) is 0 Å². The number of benzene rings is 3. The molecular weight excluding hydrogens is 402 g/mol. The Morgan fingerprint density at radius 3 is 2.09 bits per heavy atom. The van der Waals surface area contributed by atoms with Crippen molar-refractivity contribution < 1.29 is 4.79 Å². The molecule has 7 nitrogen and oxygen atoms in total. The van der Waals surface area contributed by atoms with Gasteiger partial charge in [-0.1, -0.05) is 36.4 Å². The number of aromatic nitrogens is 2. The van der Waals surface area contributed by atoms with Crippen molar-refractivity contribution in [1.82, 2.24) is 9.97 Å². The number of rotatable bonds is 4. The van der Waals surface area contributed by atoms with Crippen molar-refractivity contribution in [3.05, 3.63) is 101 Å². The van der Waals surface area contributed by atoms with Crippen LogP contribution in [-0.2, 0) is 0 Å². The zero-order valence-electron chi connectivity index (χ0n) is 16.9. The van der Waals surface area contributed by atoms with Crippen LogP contribution >= 0.6 is 0 Å². The molecular formula is C25H19N5O2. The van der Waals surface area contributed by atoms with Crippen molar-refractivity contribution in [2.45, 2.75) is 0 Å². The fourth-order valence-corrected chi connectivity index (χ4v) is 3.61. The first kappa shape index (κ1) is 19.3. The lowest BCUT2D eigenvalue weighted by molar-refractivity contribution is 0.262. The number of fused-ring (bicyclic) bond motifs is 3. The number of urea groups is 1. The molecule has 0 radical (unpaired) electrons. The summed E-state index contributed by atoms with van der Waals surface area (Å²) in [6, 6.07) is 25.6. The van der Waals surface area contributed by atoms with Gasteiger partial charge >= 0.3 is 6.03 Å². The molecule has 7 heteroatoms. The number of hydrogen-bond acceptors (Lipinski definition) is 4. The average Bonchev–Trinajstić information content (AvgIpc) is 2.81. The average molecular weight is 421 g/mol. The van der Waals surface area contributed by atoms with Crippen LogP contribution in [0.2, 0.25) is 0 Å². The van der Waals surface area contributed by atoms with Gasteiger partial charge in [0, 0.05) is 39.4 Å². The summed E-state index contributed by atoms with van der Waals surface area (Å²) in [4.78, 5) is 31.7. The number of carbonyl (C=O) groups is 1. The van der Waals surface area contributed by atoms with Crippen LogP contribution in [0.4, 0.5) is 27.5 Å². The highest BCUT2D eigenvalue weighted by atomic mass is 16.2. The van der Waals surface area contributed by atoms with Crippen molar-refractivity contribution in [2.24, 2.45) is 0 Å². The Labute approximate surface area is 183 Å². The van der Waals surface area contributed by atoms with Crippen LogP contribution < -0.4 is 21.5 Å². The highest BCUT2D eigenvalue weighted by molar-refractivity contribution is 6.10. The lowest BCUT2D eigenvalue weighted by Crippen LogP contribution is -2.19. The van der Waals surface area contributed by atoms with Crippen LogP contribution in [0.1, 0.15) is 0 Å². The van der Waals surface area contributed by atoms with Gasteiger partial charge in [-0.05, 0) is 48.5 Å². The van der Waals surface area contributed by atoms with Crippen LogP contribution in [0, 0.1) is 0 Å². The minimum Gasteiger partial charge on any atom is -0.355 e. The van der Waals surface area contributed by atoms with E-state index in [1.54, 1.807) is 12.3 Å². The first-order valence-corrected chi connectivity index (χ1v) is 10.1. The topological polar surface area (TPSA) is 98.9 Å². The van der Waals surface area contributed by atoms with Crippen LogP contribution in [0.5, 0.6) is 0 Å². The Morgan fingerprint density at radius 1 is 0.719 bits per heavy atom. The van der Waals surface area contributed by atoms with Crippen molar-refractivity contribution in [1.29, 1.82) is 0 Å². The number of carbonyl (C=O) groups excluding carboxylic acids is 1. The van der Waals surface area contributed by atoms with Gasteiger partial charge in [-0.25, -0.2) is 9.78 Å². The lowest BCUT2D eigenvalue weighted by Gasteiger charge is -2.12. The summed E-state index contributed by atoms with van der Waals surface area (Å²) >= 11 is 0. The number of nitrogens with zero attached hydrogens (tertiary/aromatic N) is 1. The van der Waals surface area contributed by atoms with E-state index < -0.39 is 0 Å². The minimum atomic E-state index is -0.313. The maximum absolute atomic E-state index is 12.3. The molecule has 5 rings (SSSR count). The maximum Gasteiger partial charge on any atom is 0.323 e. The second-order valence-corrected chi connectivity index (χ2v) is 7.23. The molecule has 32 heavy (non-hydrogen) atoms. The Kier molecular flexibility index (Phi) is 4.97. The molecule has 0 saturated heterocycles. The molecule has 0 bridgehead atoms. The highest BCUT2D eigenvalue weighted by Gasteiger charge is 2.10. The summed E-state index contributed by atoms with van der Waals surface area (Å²) in [7, 11) is 0. The van der Waals surface area contributed by atoms with E-state index in [1.807, 2.05) is 78.9 Å². The molecule has 4 N–H and O–H groups in total. The maximum atomic E-state index is 12.3. The van der Waals surface area contributed by atoms with Gasteiger partial charge in [0.25, 0.3) is 5.56 Å². The molecule has 0 atom stereocenters. The summed E-state index contributed by atoms with van der Waals surface area (Å²) in [5.41, 5.74) is 3.40. The van der Waals surface area contributed by atoms with E-state index >= 15 is 0 Å². The molecule has 0 spiro atoms. The normalized spacial score (nSPS) is 10.8. The number of nitrogens with one attached hydrogen (secondary N) is 4. The fourth-order valence-electron chi connectivity index (χ4n) is 3.61. The van der Waals surface area contributed by atoms with Crippen molar-refractivity contribution >= 4 is 50.6 Å². The minimum absolute atomic E-state index is 0.165. The van der Waals surface area contributed by atoms with Crippen molar-refractivity contribution in [2.75, 3.05) is 16.0 Å². The fraction of sp³-hybridized carbons (Fsp3) is 0. The van der Waals surface area contributed by atoms with Gasteiger partial charge in [-0.15, -0.1) is 0 Å². The summed E-state index contributed by atoms with van der Waals surface area (Å²) < 4.78 is 0. The Morgan fingerprint density at radius 2 is 1.34 bits per heavy atom. The Balaban J connectivity index is 1.38. The molecule has 5 aromatic rings. The molecule has 0 fully saturated rings. The number of hydrogen-bond donors (Lipinski definition) is 4. The van der Waals surface area contributed by atoms with E-state index in [0.29, 0.717) is 16.7 Å². The summed E-state index contributed by atoms with van der Waals surface area (Å²) in [6.45, 7) is 0. The molecule has 2 amide bonds. The number of aromatic amines is 1. The van der Waals surface area contributed by atoms with Gasteiger partial charge in [0.05, 0.1) is 5.69 Å². The Hall–Kier alpha value is -4.65. The first-order chi connectivity index (χ1) is 15.7. The molecule has 0 aliphatic carbocycles. The third kappa shape index (κ3) is 3.87. The number of para-hydroxylation sites is 1. The Bertz CT molecular complexity index is 1480. The highest BCUT2D eigenvalue weighted by Crippen LogP contribution is 2.29. The second-order valence-electron chi connectivity index (χ2n) is 7.23. The summed E-state index contributed by atoms with van der Waals surface area (Å²) in [5, 5.41) is 11.3. The lowest BCUT2D eigenvalue weighted by atomic mass is 10.1. The predicted molar refractivity (Wildman–Crippen MR) is 129 cm³/mol. The summed E-state index contributed by atoms with van der Waals surface area (Å²) in [6.07, 6.45) is 1.65. The summed E-state index contributed by atoms with van der Waals surface area (Å²) in [5.74, 6) is 0. The van der Waals surface area contributed by atoms with E-state index in [-0.39, 0.29) is 11.6 Å². The molecule has 0 aliphatic rings. The van der Waals surface area contributed by atoms with E-state index in [9.17, 15) is 9.59 Å². The number of pyridine rings is 2. The van der Waals surface area contributed by atoms with E-state index in [2.05, 4.69) is 25.9 Å². The van der Waals surface area contributed by atoms with Crippen molar-refractivity contribution in [3.8, 4) is 0 Å². The quantitative estimate of drug-likeness (QED) is 0.289. The van der Waals surface area contributed by atoms with Gasteiger partial charge in [-0.3, -0.25) is 4.79 Å². The van der Waals surface area contributed by atoms with E-state index in [1.165, 1.54) is 0 Å². The largest absolute Gasteiger partial charge is 0.355 e. The molecule has 2 heterocycles. The van der Waals surface area contributed by atoms with Crippen molar-refractivity contribution in [3.63, 3.8) is 0 Å². The zero-order chi connectivity index (χ0) is 21.9. The molecule has 156 valence electrons. The number of H-pyrrole nitrogens is 1. The predicted octanol–water partition coefficient (Wildman–Crippen LogP) is 5.46. The van der Waals surface area contributed by atoms with Gasteiger partial charge in [0.1, 0.15) is 5.65 Å². The monoisotopic (exact) mass is 421 g/mol. The van der Waals surface area contributed by atoms with Crippen LogP contribution in [0.3, 0.4) is 0 Å². The smallest absolute Gasteiger partial charge is 0.323 e. The van der Waals surface area contributed by atoms with Gasteiger partial charge in [-0.2, -0.15) is 0 Å². The van der Waals surface area contributed by atoms with Crippen LogP contribution in [0.15, 0.2) is 95.9 Å². The van der Waals surface area contributed by atoms with Crippen LogP contribution in [-0.4, -0.2) is 16.0 Å². The first-order valence-electron chi connectivity index (χ1n) is 10.1. The van der Waals surface area contributed by atoms with E-state index in [0.717, 1.165) is 27.8 Å². The molecule has 0 aliphatic heterocycles. The van der Waals surface area contributed by atoms with Gasteiger partial charge in [0.2, 0.25) is 0 Å². The van der Waals surface area contributed by atoms with Crippen LogP contribution in [0.25, 0.3) is 21.8 Å². The van der Waals surface area contributed by atoms with Gasteiger partial charge < -0.3 is 20.9 Å². The third-order valence-electron chi connectivity index (χ3n) is 5.08. The molecule has 2 aromatic heterocycles. The standard InChI is InChI=1S/C25H19N5O2/c31-24-20-9-5-4-8-19(20)22-21(14-15-26-23(22)30-24)27-17-10-12-18(13-11-17)29-25(32)28-16-6-2-1-3-7-16/h1-15H,(H2,28,29,32)(H2,26,27,30,31). The van der Waals surface area contributed by atoms with E-state index in [4.69, 9.17) is 0 Å². The SMILES string of the molecule is O=C(Nc1ccccc1)Nc1ccc(Nc2ccnc3[nH]c(=O)c4ccccc4c23)cc1. The number of amides is 2.